The van der Waals surface area contributed by atoms with Crippen LogP contribution >= 0.6 is 27.3 Å². The molecule has 1 N–H and O–H groups in total. The van der Waals surface area contributed by atoms with Gasteiger partial charge in [0.2, 0.25) is 5.88 Å². The number of hydrogen-bond acceptors (Lipinski definition) is 3. The first-order valence-electron chi connectivity index (χ1n) is 4.09. The van der Waals surface area contributed by atoms with Crippen LogP contribution in [0, 0.1) is 6.92 Å². The lowest BCUT2D eigenvalue weighted by molar-refractivity contribution is 0.458. The minimum atomic E-state index is 0.0903. The average Bonchev–Trinajstić information content (AvgIpc) is 2.45. The molecule has 0 saturated heterocycles. The molecule has 0 amide bonds. The first kappa shape index (κ1) is 9.68. The minimum absolute atomic E-state index is 0.0903. The normalized spacial score (nSPS) is 10.4. The zero-order chi connectivity index (χ0) is 10.1. The van der Waals surface area contributed by atoms with E-state index in [0.29, 0.717) is 3.92 Å². The van der Waals surface area contributed by atoms with Gasteiger partial charge in [0.1, 0.15) is 0 Å². The van der Waals surface area contributed by atoms with Gasteiger partial charge in [-0.1, -0.05) is 29.8 Å². The lowest BCUT2D eigenvalue weighted by Crippen LogP contribution is -1.75. The lowest BCUT2D eigenvalue weighted by atomic mass is 10.1. The molecule has 0 saturated carbocycles. The quantitative estimate of drug-likeness (QED) is 0.859. The van der Waals surface area contributed by atoms with E-state index in [1.165, 1.54) is 16.9 Å². The lowest BCUT2D eigenvalue weighted by Gasteiger charge is -1.98. The van der Waals surface area contributed by atoms with E-state index in [1.807, 2.05) is 31.2 Å². The molecule has 72 valence electrons. The van der Waals surface area contributed by atoms with E-state index < -0.39 is 0 Å². The molecule has 0 aliphatic carbocycles. The summed E-state index contributed by atoms with van der Waals surface area (Å²) in [6.45, 7) is 2.02. The van der Waals surface area contributed by atoms with Crippen LogP contribution in [0.2, 0.25) is 0 Å². The van der Waals surface area contributed by atoms with Crippen molar-refractivity contribution in [1.82, 2.24) is 4.98 Å². The zero-order valence-electron chi connectivity index (χ0n) is 7.49. The maximum atomic E-state index is 9.54. The van der Waals surface area contributed by atoms with Crippen molar-refractivity contribution in [2.45, 2.75) is 6.92 Å². The maximum absolute atomic E-state index is 9.54. The molecule has 2 rings (SSSR count). The van der Waals surface area contributed by atoms with E-state index in [-0.39, 0.29) is 5.88 Å². The monoisotopic (exact) mass is 269 g/mol. The largest absolute Gasteiger partial charge is 0.492 e. The molecule has 2 aromatic rings. The Morgan fingerprint density at radius 1 is 1.43 bits per heavy atom. The highest BCUT2D eigenvalue weighted by Gasteiger charge is 2.10. The van der Waals surface area contributed by atoms with Crippen molar-refractivity contribution in [1.29, 1.82) is 0 Å². The van der Waals surface area contributed by atoms with Crippen LogP contribution < -0.4 is 0 Å². The highest BCUT2D eigenvalue weighted by Crippen LogP contribution is 2.37. The summed E-state index contributed by atoms with van der Waals surface area (Å²) in [5.41, 5.74) is 2.18. The van der Waals surface area contributed by atoms with E-state index in [1.54, 1.807) is 0 Å². The summed E-state index contributed by atoms with van der Waals surface area (Å²) < 4.78 is 0.700. The second kappa shape index (κ2) is 3.71. The molecule has 0 radical (unpaired) electrons. The minimum Gasteiger partial charge on any atom is -0.492 e. The molecule has 1 heterocycles. The van der Waals surface area contributed by atoms with Crippen LogP contribution in [0.5, 0.6) is 5.88 Å². The summed E-state index contributed by atoms with van der Waals surface area (Å²) >= 11 is 4.68. The van der Waals surface area contributed by atoms with Gasteiger partial charge in [0.15, 0.2) is 3.92 Å². The number of hydrogen-bond donors (Lipinski definition) is 1. The van der Waals surface area contributed by atoms with Gasteiger partial charge in [0, 0.05) is 0 Å². The Balaban J connectivity index is 2.54. The van der Waals surface area contributed by atoms with Gasteiger partial charge in [-0.3, -0.25) is 0 Å². The van der Waals surface area contributed by atoms with E-state index in [9.17, 15) is 5.11 Å². The van der Waals surface area contributed by atoms with Gasteiger partial charge in [-0.15, -0.1) is 11.3 Å². The fourth-order valence-electron chi connectivity index (χ4n) is 1.26. The van der Waals surface area contributed by atoms with Crippen LogP contribution in [0.4, 0.5) is 0 Å². The highest BCUT2D eigenvalue weighted by atomic mass is 79.9. The second-order valence-electron chi connectivity index (χ2n) is 2.99. The topological polar surface area (TPSA) is 33.1 Å². The maximum Gasteiger partial charge on any atom is 0.231 e. The number of aromatic hydroxyl groups is 1. The standard InChI is InChI=1S/C10H8BrNOS/c1-6-3-2-4-7(5-6)8-9(13)12-10(11)14-8/h2-5,13H,1H3. The number of aryl methyl sites for hydroxylation is 1. The first-order valence-corrected chi connectivity index (χ1v) is 5.70. The van der Waals surface area contributed by atoms with Gasteiger partial charge in [-0.05, 0) is 28.4 Å². The van der Waals surface area contributed by atoms with Crippen LogP contribution in [0.3, 0.4) is 0 Å². The van der Waals surface area contributed by atoms with Crippen LogP contribution in [0.25, 0.3) is 10.4 Å². The Morgan fingerprint density at radius 3 is 2.79 bits per heavy atom. The molecule has 0 fully saturated rings. The fourth-order valence-corrected chi connectivity index (χ4v) is 2.60. The number of thiazole rings is 1. The van der Waals surface area contributed by atoms with Gasteiger partial charge in [-0.25, -0.2) is 0 Å². The molecular formula is C10H8BrNOS. The summed E-state index contributed by atoms with van der Waals surface area (Å²) in [5, 5.41) is 9.54. The van der Waals surface area contributed by atoms with E-state index in [0.717, 1.165) is 10.4 Å². The van der Waals surface area contributed by atoms with Crippen molar-refractivity contribution in [2.75, 3.05) is 0 Å². The van der Waals surface area contributed by atoms with Crippen molar-refractivity contribution in [2.24, 2.45) is 0 Å². The Bertz CT molecular complexity index is 467. The average molecular weight is 270 g/mol. The van der Waals surface area contributed by atoms with Crippen molar-refractivity contribution in [3.05, 3.63) is 33.7 Å². The molecule has 0 unspecified atom stereocenters. The SMILES string of the molecule is Cc1cccc(-c2sc(Br)nc2O)c1. The molecule has 0 bridgehead atoms. The van der Waals surface area contributed by atoms with E-state index in [2.05, 4.69) is 20.9 Å². The summed E-state index contributed by atoms with van der Waals surface area (Å²) in [5.74, 6) is 0.0903. The summed E-state index contributed by atoms with van der Waals surface area (Å²) in [6, 6.07) is 7.99. The second-order valence-corrected chi connectivity index (χ2v) is 5.26. The fraction of sp³-hybridized carbons (Fsp3) is 0.100. The Kier molecular flexibility index (Phi) is 2.56. The number of halogens is 1. The van der Waals surface area contributed by atoms with E-state index >= 15 is 0 Å². The smallest absolute Gasteiger partial charge is 0.231 e. The van der Waals surface area contributed by atoms with Gasteiger partial charge in [-0.2, -0.15) is 4.98 Å². The van der Waals surface area contributed by atoms with Gasteiger partial charge >= 0.3 is 0 Å². The molecule has 4 heteroatoms. The number of rotatable bonds is 1. The molecule has 1 aromatic heterocycles. The van der Waals surface area contributed by atoms with E-state index in [4.69, 9.17) is 0 Å². The third kappa shape index (κ3) is 1.81. The molecule has 0 atom stereocenters. The number of nitrogens with zero attached hydrogens (tertiary/aromatic N) is 1. The molecule has 14 heavy (non-hydrogen) atoms. The van der Waals surface area contributed by atoms with Crippen LogP contribution in [0.15, 0.2) is 28.2 Å². The Labute approximate surface area is 94.4 Å². The molecule has 0 aliphatic rings. The molecule has 2 nitrogen and oxygen atoms in total. The number of benzene rings is 1. The van der Waals surface area contributed by atoms with Crippen molar-refractivity contribution < 1.29 is 5.11 Å². The van der Waals surface area contributed by atoms with Crippen LogP contribution in [0.1, 0.15) is 5.56 Å². The predicted octanol–water partition coefficient (Wildman–Crippen LogP) is 3.59. The molecular weight excluding hydrogens is 262 g/mol. The number of aromatic nitrogens is 1. The Hall–Kier alpha value is -0.870. The summed E-state index contributed by atoms with van der Waals surface area (Å²) in [7, 11) is 0. The third-order valence-corrected chi connectivity index (χ3v) is 3.41. The molecule has 0 aliphatic heterocycles. The van der Waals surface area contributed by atoms with Crippen molar-refractivity contribution in [3.63, 3.8) is 0 Å². The molecule has 0 spiro atoms. The Morgan fingerprint density at radius 2 is 2.21 bits per heavy atom. The first-order chi connectivity index (χ1) is 6.66. The van der Waals surface area contributed by atoms with Crippen LogP contribution in [-0.4, -0.2) is 10.1 Å². The summed E-state index contributed by atoms with van der Waals surface area (Å²) in [6.07, 6.45) is 0. The highest BCUT2D eigenvalue weighted by molar-refractivity contribution is 9.11. The van der Waals surface area contributed by atoms with Gasteiger partial charge in [0.05, 0.1) is 4.88 Å². The summed E-state index contributed by atoms with van der Waals surface area (Å²) in [4.78, 5) is 4.71. The van der Waals surface area contributed by atoms with Gasteiger partial charge in [0.25, 0.3) is 0 Å². The van der Waals surface area contributed by atoms with Crippen LogP contribution in [-0.2, 0) is 0 Å². The molecule has 1 aromatic carbocycles. The zero-order valence-corrected chi connectivity index (χ0v) is 9.89. The predicted molar refractivity (Wildman–Crippen MR) is 61.7 cm³/mol. The third-order valence-electron chi connectivity index (χ3n) is 1.86. The van der Waals surface area contributed by atoms with Gasteiger partial charge < -0.3 is 5.11 Å². The van der Waals surface area contributed by atoms with Crippen molar-refractivity contribution in [3.8, 4) is 16.3 Å². The van der Waals surface area contributed by atoms with Crippen molar-refractivity contribution >= 4 is 27.3 Å².